The average molecular weight is 228 g/mol. The predicted molar refractivity (Wildman–Crippen MR) is 64.3 cm³/mol. The van der Waals surface area contributed by atoms with E-state index in [2.05, 4.69) is 19.2 Å². The zero-order valence-electron chi connectivity index (χ0n) is 10.8. The summed E-state index contributed by atoms with van der Waals surface area (Å²) in [6.45, 7) is 5.72. The first-order valence-corrected chi connectivity index (χ1v) is 6.07. The summed E-state index contributed by atoms with van der Waals surface area (Å²) in [5.74, 6) is 0.456. The smallest absolute Gasteiger partial charge is 0.239 e. The van der Waals surface area contributed by atoms with Crippen molar-refractivity contribution in [3.63, 3.8) is 0 Å². The van der Waals surface area contributed by atoms with Crippen LogP contribution < -0.4 is 5.32 Å². The van der Waals surface area contributed by atoms with Gasteiger partial charge in [-0.1, -0.05) is 13.8 Å². The molecule has 1 aliphatic heterocycles. The molecule has 2 unspecified atom stereocenters. The highest BCUT2D eigenvalue weighted by Gasteiger charge is 2.27. The van der Waals surface area contributed by atoms with Crippen molar-refractivity contribution in [2.75, 3.05) is 27.3 Å². The first-order chi connectivity index (χ1) is 7.52. The monoisotopic (exact) mass is 228 g/mol. The molecule has 4 nitrogen and oxygen atoms in total. The number of amides is 1. The Balaban J connectivity index is 2.53. The summed E-state index contributed by atoms with van der Waals surface area (Å²) in [7, 11) is 3.60. The second kappa shape index (κ2) is 6.21. The van der Waals surface area contributed by atoms with Crippen molar-refractivity contribution in [3.8, 4) is 0 Å². The normalized spacial score (nSPS) is 23.2. The highest BCUT2D eigenvalue weighted by Crippen LogP contribution is 2.11. The van der Waals surface area contributed by atoms with E-state index in [0.29, 0.717) is 12.0 Å². The molecule has 0 spiro atoms. The molecule has 0 aromatic heterocycles. The number of carbonyl (C=O) groups is 1. The van der Waals surface area contributed by atoms with Gasteiger partial charge in [-0.3, -0.25) is 4.79 Å². The van der Waals surface area contributed by atoms with E-state index in [1.54, 1.807) is 19.0 Å². The van der Waals surface area contributed by atoms with Crippen LogP contribution in [0.25, 0.3) is 0 Å². The van der Waals surface area contributed by atoms with Crippen molar-refractivity contribution >= 4 is 5.91 Å². The lowest BCUT2D eigenvalue weighted by atomic mass is 10.0. The highest BCUT2D eigenvalue weighted by atomic mass is 16.5. The molecule has 1 amide bonds. The van der Waals surface area contributed by atoms with Crippen molar-refractivity contribution in [1.82, 2.24) is 10.2 Å². The van der Waals surface area contributed by atoms with Gasteiger partial charge in [-0.2, -0.15) is 0 Å². The topological polar surface area (TPSA) is 41.6 Å². The lowest BCUT2D eigenvalue weighted by Crippen LogP contribution is -2.52. The molecule has 16 heavy (non-hydrogen) atoms. The first-order valence-electron chi connectivity index (χ1n) is 6.07. The maximum absolute atomic E-state index is 12.0. The van der Waals surface area contributed by atoms with Crippen LogP contribution in [0.4, 0.5) is 0 Å². The van der Waals surface area contributed by atoms with Gasteiger partial charge >= 0.3 is 0 Å². The van der Waals surface area contributed by atoms with E-state index in [9.17, 15) is 4.79 Å². The summed E-state index contributed by atoms with van der Waals surface area (Å²) < 4.78 is 5.42. The Bertz CT molecular complexity index is 223. The maximum Gasteiger partial charge on any atom is 0.239 e. The molecule has 1 N–H and O–H groups in total. The van der Waals surface area contributed by atoms with Crippen molar-refractivity contribution in [3.05, 3.63) is 0 Å². The Labute approximate surface area is 98.3 Å². The van der Waals surface area contributed by atoms with Crippen LogP contribution in [0, 0.1) is 5.92 Å². The van der Waals surface area contributed by atoms with Gasteiger partial charge in [0.25, 0.3) is 0 Å². The number of ether oxygens (including phenoxy) is 1. The standard InChI is InChI=1S/C12H24N2O2/c1-9(2)11(12(15)14(3)4)13-10-6-5-7-16-8-10/h9-11,13H,5-8H2,1-4H3. The SMILES string of the molecule is CC(C)C(NC1CCCOC1)C(=O)N(C)C. The lowest BCUT2D eigenvalue weighted by molar-refractivity contribution is -0.132. The summed E-state index contributed by atoms with van der Waals surface area (Å²) >= 11 is 0. The molecule has 0 radical (unpaired) electrons. The van der Waals surface area contributed by atoms with Gasteiger partial charge in [0, 0.05) is 26.7 Å². The minimum atomic E-state index is -0.0956. The summed E-state index contributed by atoms with van der Waals surface area (Å²) in [5.41, 5.74) is 0. The lowest BCUT2D eigenvalue weighted by Gasteiger charge is -2.31. The fraction of sp³-hybridized carbons (Fsp3) is 0.917. The number of likely N-dealkylation sites (N-methyl/N-ethyl adjacent to an activating group) is 1. The summed E-state index contributed by atoms with van der Waals surface area (Å²) in [6.07, 6.45) is 2.18. The minimum Gasteiger partial charge on any atom is -0.380 e. The summed E-state index contributed by atoms with van der Waals surface area (Å²) in [6, 6.07) is 0.228. The van der Waals surface area contributed by atoms with Gasteiger partial charge in [0.1, 0.15) is 0 Å². The van der Waals surface area contributed by atoms with Gasteiger partial charge in [0.15, 0.2) is 0 Å². The van der Waals surface area contributed by atoms with E-state index >= 15 is 0 Å². The maximum atomic E-state index is 12.0. The molecular formula is C12H24N2O2. The summed E-state index contributed by atoms with van der Waals surface area (Å²) in [4.78, 5) is 13.6. The van der Waals surface area contributed by atoms with Gasteiger partial charge in [-0.25, -0.2) is 0 Å². The zero-order chi connectivity index (χ0) is 12.1. The van der Waals surface area contributed by atoms with Gasteiger partial charge in [0.2, 0.25) is 5.91 Å². The molecule has 1 fully saturated rings. The van der Waals surface area contributed by atoms with E-state index in [1.165, 1.54) is 0 Å². The third-order valence-corrected chi connectivity index (χ3v) is 2.95. The van der Waals surface area contributed by atoms with Crippen LogP contribution in [0.5, 0.6) is 0 Å². The molecule has 0 aliphatic carbocycles. The first kappa shape index (κ1) is 13.5. The predicted octanol–water partition coefficient (Wildman–Crippen LogP) is 0.868. The van der Waals surface area contributed by atoms with Crippen LogP contribution in [-0.4, -0.2) is 50.2 Å². The fourth-order valence-corrected chi connectivity index (χ4v) is 1.95. The van der Waals surface area contributed by atoms with Crippen LogP contribution in [0.1, 0.15) is 26.7 Å². The Morgan fingerprint density at radius 1 is 1.44 bits per heavy atom. The van der Waals surface area contributed by atoms with E-state index in [4.69, 9.17) is 4.74 Å². The molecule has 0 bridgehead atoms. The summed E-state index contributed by atoms with van der Waals surface area (Å²) in [5, 5.41) is 3.42. The van der Waals surface area contributed by atoms with Crippen molar-refractivity contribution in [1.29, 1.82) is 0 Å². The number of rotatable bonds is 4. The second-order valence-electron chi connectivity index (χ2n) is 5.04. The van der Waals surface area contributed by atoms with E-state index in [-0.39, 0.29) is 11.9 Å². The van der Waals surface area contributed by atoms with E-state index < -0.39 is 0 Å². The second-order valence-corrected chi connectivity index (χ2v) is 5.04. The molecule has 1 heterocycles. The minimum absolute atomic E-state index is 0.0956. The number of hydrogen-bond donors (Lipinski definition) is 1. The molecule has 94 valence electrons. The number of nitrogens with one attached hydrogen (secondary N) is 1. The van der Waals surface area contributed by atoms with Gasteiger partial charge < -0.3 is 15.0 Å². The van der Waals surface area contributed by atoms with Crippen LogP contribution in [-0.2, 0) is 9.53 Å². The van der Waals surface area contributed by atoms with Crippen molar-refractivity contribution in [2.45, 2.75) is 38.8 Å². The molecule has 1 aliphatic rings. The van der Waals surface area contributed by atoms with Gasteiger partial charge in [0.05, 0.1) is 12.6 Å². The molecular weight excluding hydrogens is 204 g/mol. The molecule has 0 saturated carbocycles. The van der Waals surface area contributed by atoms with Crippen LogP contribution >= 0.6 is 0 Å². The quantitative estimate of drug-likeness (QED) is 0.776. The van der Waals surface area contributed by atoms with Crippen LogP contribution in [0.2, 0.25) is 0 Å². The molecule has 1 rings (SSSR count). The zero-order valence-corrected chi connectivity index (χ0v) is 10.8. The Hall–Kier alpha value is -0.610. The third kappa shape index (κ3) is 3.76. The molecule has 0 aromatic rings. The number of nitrogens with zero attached hydrogens (tertiary/aromatic N) is 1. The Kier molecular flexibility index (Phi) is 5.22. The van der Waals surface area contributed by atoms with Crippen LogP contribution in [0.15, 0.2) is 0 Å². The fourth-order valence-electron chi connectivity index (χ4n) is 1.95. The van der Waals surface area contributed by atoms with Gasteiger partial charge in [-0.15, -0.1) is 0 Å². The Morgan fingerprint density at radius 2 is 2.12 bits per heavy atom. The number of carbonyl (C=O) groups excluding carboxylic acids is 1. The highest BCUT2D eigenvalue weighted by molar-refractivity contribution is 5.81. The largest absolute Gasteiger partial charge is 0.380 e. The molecule has 2 atom stereocenters. The number of hydrogen-bond acceptors (Lipinski definition) is 3. The van der Waals surface area contributed by atoms with E-state index in [1.807, 2.05) is 0 Å². The van der Waals surface area contributed by atoms with Crippen molar-refractivity contribution in [2.24, 2.45) is 5.92 Å². The Morgan fingerprint density at radius 3 is 2.56 bits per heavy atom. The van der Waals surface area contributed by atoms with Gasteiger partial charge in [-0.05, 0) is 18.8 Å². The van der Waals surface area contributed by atoms with Crippen LogP contribution in [0.3, 0.4) is 0 Å². The molecule has 1 saturated heterocycles. The van der Waals surface area contributed by atoms with E-state index in [0.717, 1.165) is 26.1 Å². The van der Waals surface area contributed by atoms with Crippen molar-refractivity contribution < 1.29 is 9.53 Å². The average Bonchev–Trinajstić information content (AvgIpc) is 2.26. The molecule has 4 heteroatoms. The third-order valence-electron chi connectivity index (χ3n) is 2.95. The molecule has 0 aromatic carbocycles.